The number of H-pyrrole nitrogens is 1. The second-order valence-corrected chi connectivity index (χ2v) is 5.10. The predicted octanol–water partition coefficient (Wildman–Crippen LogP) is 1.99. The van der Waals surface area contributed by atoms with Gasteiger partial charge in [-0.3, -0.25) is 4.79 Å². The first kappa shape index (κ1) is 11.2. The van der Waals surface area contributed by atoms with Gasteiger partial charge >= 0.3 is 0 Å². The van der Waals surface area contributed by atoms with Gasteiger partial charge in [-0.05, 0) is 21.3 Å². The summed E-state index contributed by atoms with van der Waals surface area (Å²) in [5.41, 5.74) is -0.0135. The molecule has 0 amide bonds. The van der Waals surface area contributed by atoms with E-state index in [4.69, 9.17) is 0 Å². The average molecular weight is 260 g/mol. The van der Waals surface area contributed by atoms with Crippen LogP contribution in [-0.2, 0) is 0 Å². The van der Waals surface area contributed by atoms with Crippen molar-refractivity contribution in [3.05, 3.63) is 21.2 Å². The molecule has 2 N–H and O–H groups in total. The van der Waals surface area contributed by atoms with E-state index in [2.05, 4.69) is 52.0 Å². The van der Waals surface area contributed by atoms with Crippen LogP contribution < -0.4 is 10.9 Å². The van der Waals surface area contributed by atoms with Crippen LogP contribution >= 0.6 is 15.9 Å². The molecule has 0 aliphatic rings. The number of anilines is 1. The summed E-state index contributed by atoms with van der Waals surface area (Å²) in [6, 6.07) is 0. The summed E-state index contributed by atoms with van der Waals surface area (Å²) in [7, 11) is 0. The highest BCUT2D eigenvalue weighted by atomic mass is 79.9. The highest BCUT2D eigenvalue weighted by molar-refractivity contribution is 9.10. The summed E-state index contributed by atoms with van der Waals surface area (Å²) in [4.78, 5) is 17.7. The third kappa shape index (κ3) is 3.14. The van der Waals surface area contributed by atoms with Crippen LogP contribution in [0.15, 0.2) is 15.6 Å². The number of halogens is 1. The maximum atomic E-state index is 11.2. The average Bonchev–Trinajstić information content (AvgIpc) is 2.06. The lowest BCUT2D eigenvalue weighted by atomic mass is 9.97. The van der Waals surface area contributed by atoms with Gasteiger partial charge in [0.05, 0.1) is 6.33 Å². The van der Waals surface area contributed by atoms with Crippen molar-refractivity contribution in [1.82, 2.24) is 9.97 Å². The van der Waals surface area contributed by atoms with Crippen LogP contribution in [0, 0.1) is 5.41 Å². The van der Waals surface area contributed by atoms with Gasteiger partial charge in [0.25, 0.3) is 5.56 Å². The van der Waals surface area contributed by atoms with Gasteiger partial charge in [-0.1, -0.05) is 20.8 Å². The first-order valence-electron chi connectivity index (χ1n) is 4.37. The van der Waals surface area contributed by atoms with Gasteiger partial charge in [0, 0.05) is 6.54 Å². The molecule has 0 fully saturated rings. The van der Waals surface area contributed by atoms with E-state index in [0.717, 1.165) is 6.54 Å². The van der Waals surface area contributed by atoms with E-state index in [1.807, 2.05) is 0 Å². The van der Waals surface area contributed by atoms with E-state index in [1.54, 1.807) is 0 Å². The SMILES string of the molecule is CC(C)(C)CNc1nc[nH]c(=O)c1Br. The molecule has 0 saturated heterocycles. The zero-order chi connectivity index (χ0) is 10.8. The molecule has 0 radical (unpaired) electrons. The van der Waals surface area contributed by atoms with Gasteiger partial charge in [-0.15, -0.1) is 0 Å². The highest BCUT2D eigenvalue weighted by Crippen LogP contribution is 2.17. The Morgan fingerprint density at radius 2 is 2.21 bits per heavy atom. The third-order valence-electron chi connectivity index (χ3n) is 1.58. The van der Waals surface area contributed by atoms with E-state index in [0.29, 0.717) is 10.3 Å². The third-order valence-corrected chi connectivity index (χ3v) is 2.32. The molecule has 0 aromatic carbocycles. The van der Waals surface area contributed by atoms with E-state index >= 15 is 0 Å². The number of aromatic amines is 1. The fourth-order valence-electron chi connectivity index (χ4n) is 0.855. The summed E-state index contributed by atoms with van der Waals surface area (Å²) >= 11 is 3.18. The molecule has 4 nitrogen and oxygen atoms in total. The molecule has 14 heavy (non-hydrogen) atoms. The van der Waals surface area contributed by atoms with E-state index in [1.165, 1.54) is 6.33 Å². The maximum absolute atomic E-state index is 11.2. The molecule has 78 valence electrons. The minimum absolute atomic E-state index is 0.156. The largest absolute Gasteiger partial charge is 0.368 e. The van der Waals surface area contributed by atoms with Crippen LogP contribution in [0.5, 0.6) is 0 Å². The Bertz CT molecular complexity index is 367. The van der Waals surface area contributed by atoms with E-state index < -0.39 is 0 Å². The highest BCUT2D eigenvalue weighted by Gasteiger charge is 2.11. The Morgan fingerprint density at radius 3 is 2.79 bits per heavy atom. The Hall–Kier alpha value is -0.840. The Kier molecular flexibility index (Phi) is 3.31. The molecule has 5 heteroatoms. The van der Waals surface area contributed by atoms with Crippen molar-refractivity contribution < 1.29 is 0 Å². The lowest BCUT2D eigenvalue weighted by molar-refractivity contribution is 0.442. The topological polar surface area (TPSA) is 57.8 Å². The molecular weight excluding hydrogens is 246 g/mol. The zero-order valence-electron chi connectivity index (χ0n) is 8.52. The van der Waals surface area contributed by atoms with Crippen molar-refractivity contribution in [3.8, 4) is 0 Å². The molecule has 0 unspecified atom stereocenters. The molecule has 0 bridgehead atoms. The number of aromatic nitrogens is 2. The minimum Gasteiger partial charge on any atom is -0.368 e. The smallest absolute Gasteiger partial charge is 0.267 e. The van der Waals surface area contributed by atoms with E-state index in [9.17, 15) is 4.79 Å². The standard InChI is InChI=1S/C9H14BrN3O/c1-9(2,3)4-11-7-6(10)8(14)13-5-12-7/h5H,4H2,1-3H3,(H2,11,12,13,14). The Morgan fingerprint density at radius 1 is 1.57 bits per heavy atom. The number of hydrogen-bond acceptors (Lipinski definition) is 3. The van der Waals surface area contributed by atoms with Crippen molar-refractivity contribution in [2.75, 3.05) is 11.9 Å². The normalized spacial score (nSPS) is 11.4. The second kappa shape index (κ2) is 4.13. The van der Waals surface area contributed by atoms with Gasteiger partial charge in [0.2, 0.25) is 0 Å². The van der Waals surface area contributed by atoms with Crippen LogP contribution in [0.2, 0.25) is 0 Å². The van der Waals surface area contributed by atoms with Crippen molar-refractivity contribution >= 4 is 21.7 Å². The molecule has 1 heterocycles. The lowest BCUT2D eigenvalue weighted by Crippen LogP contribution is -2.21. The molecule has 0 spiro atoms. The molecule has 0 saturated carbocycles. The molecule has 0 aliphatic carbocycles. The first-order valence-corrected chi connectivity index (χ1v) is 5.16. The van der Waals surface area contributed by atoms with E-state index in [-0.39, 0.29) is 11.0 Å². The lowest BCUT2D eigenvalue weighted by Gasteiger charge is -2.19. The quantitative estimate of drug-likeness (QED) is 0.854. The van der Waals surface area contributed by atoms with Crippen molar-refractivity contribution in [1.29, 1.82) is 0 Å². The zero-order valence-corrected chi connectivity index (χ0v) is 10.1. The second-order valence-electron chi connectivity index (χ2n) is 4.31. The van der Waals surface area contributed by atoms with Crippen LogP contribution in [0.4, 0.5) is 5.82 Å². The summed E-state index contributed by atoms with van der Waals surface area (Å²) in [6.07, 6.45) is 1.39. The van der Waals surface area contributed by atoms with Crippen LogP contribution in [-0.4, -0.2) is 16.5 Å². The monoisotopic (exact) mass is 259 g/mol. The first-order chi connectivity index (χ1) is 6.40. The Labute approximate surface area is 91.3 Å². The maximum Gasteiger partial charge on any atom is 0.267 e. The van der Waals surface area contributed by atoms with Crippen LogP contribution in [0.25, 0.3) is 0 Å². The Balaban J connectivity index is 2.78. The summed E-state index contributed by atoms with van der Waals surface area (Å²) in [5, 5.41) is 3.12. The predicted molar refractivity (Wildman–Crippen MR) is 60.5 cm³/mol. The molecule has 0 aliphatic heterocycles. The summed E-state index contributed by atoms with van der Waals surface area (Å²) in [5.74, 6) is 0.587. The van der Waals surface area contributed by atoms with Gasteiger partial charge in [-0.25, -0.2) is 4.98 Å². The van der Waals surface area contributed by atoms with Gasteiger partial charge < -0.3 is 10.3 Å². The molecule has 1 aromatic rings. The summed E-state index contributed by atoms with van der Waals surface area (Å²) < 4.78 is 0.448. The number of nitrogens with one attached hydrogen (secondary N) is 2. The van der Waals surface area contributed by atoms with Crippen molar-refractivity contribution in [2.45, 2.75) is 20.8 Å². The van der Waals surface area contributed by atoms with Crippen LogP contribution in [0.1, 0.15) is 20.8 Å². The fourth-order valence-corrected chi connectivity index (χ4v) is 1.21. The van der Waals surface area contributed by atoms with Gasteiger partial charge in [-0.2, -0.15) is 0 Å². The van der Waals surface area contributed by atoms with Crippen molar-refractivity contribution in [2.24, 2.45) is 5.41 Å². The summed E-state index contributed by atoms with van der Waals surface area (Å²) in [6.45, 7) is 7.10. The molecule has 0 atom stereocenters. The van der Waals surface area contributed by atoms with Gasteiger partial charge in [0.1, 0.15) is 10.3 Å². The fraction of sp³-hybridized carbons (Fsp3) is 0.556. The molecule has 1 aromatic heterocycles. The minimum atomic E-state index is -0.170. The number of rotatable bonds is 2. The number of nitrogens with zero attached hydrogens (tertiary/aromatic N) is 1. The van der Waals surface area contributed by atoms with Crippen LogP contribution in [0.3, 0.4) is 0 Å². The van der Waals surface area contributed by atoms with Crippen molar-refractivity contribution in [3.63, 3.8) is 0 Å². The van der Waals surface area contributed by atoms with Gasteiger partial charge in [0.15, 0.2) is 0 Å². The molecular formula is C9H14BrN3O. The number of hydrogen-bond donors (Lipinski definition) is 2. The molecule has 1 rings (SSSR count).